The lowest BCUT2D eigenvalue weighted by Gasteiger charge is -2.24. The van der Waals surface area contributed by atoms with Gasteiger partial charge in [-0.3, -0.25) is 4.98 Å². The second kappa shape index (κ2) is 4.70. The molecule has 5 heteroatoms. The molecular weight excluding hydrogens is 264 g/mol. The van der Waals surface area contributed by atoms with E-state index in [-0.39, 0.29) is 0 Å². The lowest BCUT2D eigenvalue weighted by Crippen LogP contribution is -2.36. The van der Waals surface area contributed by atoms with Crippen molar-refractivity contribution in [3.05, 3.63) is 35.5 Å². The largest absolute Gasteiger partial charge is 0.480 e. The number of hydrogen-bond acceptors (Lipinski definition) is 3. The van der Waals surface area contributed by atoms with E-state index in [1.54, 1.807) is 12.3 Å². The van der Waals surface area contributed by atoms with E-state index >= 15 is 0 Å². The number of carboxylic acids is 1. The van der Waals surface area contributed by atoms with Crippen LogP contribution in [0.3, 0.4) is 0 Å². The summed E-state index contributed by atoms with van der Waals surface area (Å²) in [6.45, 7) is 0.753. The first-order valence-electron chi connectivity index (χ1n) is 6.20. The lowest BCUT2D eigenvalue weighted by molar-refractivity contribution is -0.138. The number of nitrogens with zero attached hydrogens (tertiary/aromatic N) is 2. The first kappa shape index (κ1) is 12.2. The number of anilines is 1. The summed E-state index contributed by atoms with van der Waals surface area (Å²) >= 11 is 6.03. The Bertz CT molecular complexity index is 644. The van der Waals surface area contributed by atoms with Gasteiger partial charge in [0.15, 0.2) is 0 Å². The van der Waals surface area contributed by atoms with Gasteiger partial charge >= 0.3 is 5.97 Å². The van der Waals surface area contributed by atoms with Crippen LogP contribution in [0.1, 0.15) is 12.8 Å². The van der Waals surface area contributed by atoms with Crippen LogP contribution in [-0.2, 0) is 4.79 Å². The standard InChI is InChI=1S/C14H13ClN2O2/c15-9-3-4-11-10(8-9)12(5-6-16-11)17-7-1-2-13(17)14(18)19/h3-6,8,13H,1-2,7H2,(H,18,19). The van der Waals surface area contributed by atoms with E-state index in [0.717, 1.165) is 29.6 Å². The number of pyridine rings is 1. The van der Waals surface area contributed by atoms with Crippen LogP contribution in [0.25, 0.3) is 10.9 Å². The molecule has 1 aromatic carbocycles. The summed E-state index contributed by atoms with van der Waals surface area (Å²) in [7, 11) is 0. The van der Waals surface area contributed by atoms with Gasteiger partial charge in [-0.05, 0) is 37.1 Å². The smallest absolute Gasteiger partial charge is 0.326 e. The Hall–Kier alpha value is -1.81. The molecule has 1 atom stereocenters. The number of hydrogen-bond donors (Lipinski definition) is 1. The Morgan fingerprint density at radius 3 is 3.05 bits per heavy atom. The van der Waals surface area contributed by atoms with E-state index in [1.807, 2.05) is 23.1 Å². The maximum absolute atomic E-state index is 11.3. The Labute approximate surface area is 115 Å². The molecule has 1 aliphatic heterocycles. The number of carboxylic acid groups (broad SMARTS) is 1. The van der Waals surface area contributed by atoms with Crippen LogP contribution in [0.5, 0.6) is 0 Å². The highest BCUT2D eigenvalue weighted by Crippen LogP contribution is 2.32. The highest BCUT2D eigenvalue weighted by atomic mass is 35.5. The van der Waals surface area contributed by atoms with E-state index in [0.29, 0.717) is 11.4 Å². The first-order valence-corrected chi connectivity index (χ1v) is 6.58. The van der Waals surface area contributed by atoms with Crippen molar-refractivity contribution in [3.63, 3.8) is 0 Å². The quantitative estimate of drug-likeness (QED) is 0.916. The molecule has 98 valence electrons. The topological polar surface area (TPSA) is 53.4 Å². The van der Waals surface area contributed by atoms with Crippen molar-refractivity contribution >= 4 is 34.2 Å². The predicted molar refractivity (Wildman–Crippen MR) is 74.8 cm³/mol. The molecule has 0 aliphatic carbocycles. The van der Waals surface area contributed by atoms with Crippen molar-refractivity contribution in [2.24, 2.45) is 0 Å². The minimum atomic E-state index is -0.774. The summed E-state index contributed by atoms with van der Waals surface area (Å²) < 4.78 is 0. The van der Waals surface area contributed by atoms with Crippen molar-refractivity contribution in [2.75, 3.05) is 11.4 Å². The number of aromatic nitrogens is 1. The van der Waals surface area contributed by atoms with Gasteiger partial charge in [0.05, 0.1) is 5.52 Å². The third-order valence-electron chi connectivity index (χ3n) is 3.53. The van der Waals surface area contributed by atoms with Gasteiger partial charge in [0.2, 0.25) is 0 Å². The SMILES string of the molecule is O=C(O)C1CCCN1c1ccnc2ccc(Cl)cc12. The molecule has 2 aromatic rings. The van der Waals surface area contributed by atoms with E-state index in [4.69, 9.17) is 11.6 Å². The normalized spacial score (nSPS) is 19.0. The van der Waals surface area contributed by atoms with Crippen molar-refractivity contribution in [1.82, 2.24) is 4.98 Å². The summed E-state index contributed by atoms with van der Waals surface area (Å²) in [6, 6.07) is 6.90. The summed E-state index contributed by atoms with van der Waals surface area (Å²) in [4.78, 5) is 17.5. The van der Waals surface area contributed by atoms with Gasteiger partial charge in [0, 0.05) is 28.8 Å². The van der Waals surface area contributed by atoms with Gasteiger partial charge in [0.25, 0.3) is 0 Å². The molecule has 1 unspecified atom stereocenters. The molecule has 0 bridgehead atoms. The molecule has 4 nitrogen and oxygen atoms in total. The average molecular weight is 277 g/mol. The van der Waals surface area contributed by atoms with Crippen LogP contribution < -0.4 is 4.90 Å². The zero-order chi connectivity index (χ0) is 13.4. The van der Waals surface area contributed by atoms with E-state index in [1.165, 1.54) is 0 Å². The molecule has 1 fully saturated rings. The van der Waals surface area contributed by atoms with Gasteiger partial charge in [-0.1, -0.05) is 11.6 Å². The second-order valence-corrected chi connectivity index (χ2v) is 5.12. The minimum absolute atomic E-state index is 0.454. The molecule has 0 radical (unpaired) electrons. The third-order valence-corrected chi connectivity index (χ3v) is 3.76. The van der Waals surface area contributed by atoms with Crippen LogP contribution in [0.15, 0.2) is 30.5 Å². The molecule has 3 rings (SSSR count). The van der Waals surface area contributed by atoms with E-state index in [2.05, 4.69) is 4.98 Å². The van der Waals surface area contributed by atoms with Gasteiger partial charge in [-0.2, -0.15) is 0 Å². The van der Waals surface area contributed by atoms with Crippen molar-refractivity contribution < 1.29 is 9.90 Å². The maximum atomic E-state index is 11.3. The van der Waals surface area contributed by atoms with Crippen molar-refractivity contribution in [3.8, 4) is 0 Å². The number of aliphatic carboxylic acids is 1. The van der Waals surface area contributed by atoms with Crippen LogP contribution >= 0.6 is 11.6 Å². The number of fused-ring (bicyclic) bond motifs is 1. The summed E-state index contributed by atoms with van der Waals surface area (Å²) in [6.07, 6.45) is 3.28. The van der Waals surface area contributed by atoms with Crippen LogP contribution in [-0.4, -0.2) is 28.6 Å². The zero-order valence-electron chi connectivity index (χ0n) is 10.2. The molecule has 19 heavy (non-hydrogen) atoms. The highest BCUT2D eigenvalue weighted by Gasteiger charge is 2.31. The van der Waals surface area contributed by atoms with Crippen LogP contribution in [0, 0.1) is 0 Å². The van der Waals surface area contributed by atoms with E-state index in [9.17, 15) is 9.90 Å². The van der Waals surface area contributed by atoms with E-state index < -0.39 is 12.0 Å². The van der Waals surface area contributed by atoms with Crippen LogP contribution in [0.4, 0.5) is 5.69 Å². The Balaban J connectivity index is 2.14. The summed E-state index contributed by atoms with van der Waals surface area (Å²) in [5.74, 6) is -0.774. The van der Waals surface area contributed by atoms with Gasteiger partial charge < -0.3 is 10.0 Å². The minimum Gasteiger partial charge on any atom is -0.480 e. The Kier molecular flexibility index (Phi) is 3.03. The number of carbonyl (C=O) groups is 1. The second-order valence-electron chi connectivity index (χ2n) is 4.68. The fourth-order valence-electron chi connectivity index (χ4n) is 2.67. The van der Waals surface area contributed by atoms with Crippen LogP contribution in [0.2, 0.25) is 5.02 Å². The Morgan fingerprint density at radius 1 is 1.42 bits per heavy atom. The zero-order valence-corrected chi connectivity index (χ0v) is 11.0. The maximum Gasteiger partial charge on any atom is 0.326 e. The fourth-order valence-corrected chi connectivity index (χ4v) is 2.84. The lowest BCUT2D eigenvalue weighted by atomic mass is 10.1. The molecule has 1 aliphatic rings. The fraction of sp³-hybridized carbons (Fsp3) is 0.286. The molecule has 0 amide bonds. The Morgan fingerprint density at radius 2 is 2.26 bits per heavy atom. The average Bonchev–Trinajstić information content (AvgIpc) is 2.87. The van der Waals surface area contributed by atoms with Gasteiger partial charge in [-0.25, -0.2) is 4.79 Å². The van der Waals surface area contributed by atoms with Gasteiger partial charge in [0.1, 0.15) is 6.04 Å². The molecule has 1 aromatic heterocycles. The van der Waals surface area contributed by atoms with Gasteiger partial charge in [-0.15, -0.1) is 0 Å². The first-order chi connectivity index (χ1) is 9.16. The molecule has 2 heterocycles. The molecule has 1 N–H and O–H groups in total. The number of halogens is 1. The number of rotatable bonds is 2. The summed E-state index contributed by atoms with van der Waals surface area (Å²) in [5.41, 5.74) is 1.73. The third kappa shape index (κ3) is 2.12. The highest BCUT2D eigenvalue weighted by molar-refractivity contribution is 6.31. The molecule has 0 spiro atoms. The van der Waals surface area contributed by atoms with Crippen molar-refractivity contribution in [2.45, 2.75) is 18.9 Å². The van der Waals surface area contributed by atoms with Crippen molar-refractivity contribution in [1.29, 1.82) is 0 Å². The monoisotopic (exact) mass is 276 g/mol. The summed E-state index contributed by atoms with van der Waals surface area (Å²) in [5, 5.41) is 10.8. The number of benzene rings is 1. The molecule has 0 saturated carbocycles. The molecular formula is C14H13ClN2O2. The molecule has 1 saturated heterocycles. The predicted octanol–water partition coefficient (Wildman–Crippen LogP) is 2.94.